The molecule has 0 spiro atoms. The van der Waals surface area contributed by atoms with Gasteiger partial charge < -0.3 is 9.47 Å². The maximum Gasteiger partial charge on any atom is 0.308 e. The predicted octanol–water partition coefficient (Wildman–Crippen LogP) is 7.26. The fraction of sp³-hybridized carbons (Fsp3) is 0.643. The number of rotatable bonds is 8. The molecule has 2 aliphatic carbocycles. The van der Waals surface area contributed by atoms with Gasteiger partial charge >= 0.3 is 11.9 Å². The minimum absolute atomic E-state index is 0.0483. The highest BCUT2D eigenvalue weighted by Crippen LogP contribution is 2.28. The monoisotopic (exact) mass is 444 g/mol. The second-order valence-corrected chi connectivity index (χ2v) is 9.36. The maximum atomic E-state index is 11.4. The van der Waals surface area contributed by atoms with Crippen molar-refractivity contribution in [2.24, 2.45) is 11.8 Å². The van der Waals surface area contributed by atoms with Crippen molar-refractivity contribution in [3.05, 3.63) is 46.6 Å². The summed E-state index contributed by atoms with van der Waals surface area (Å²) < 4.78 is 9.56. The average molecular weight is 445 g/mol. The second-order valence-electron chi connectivity index (χ2n) is 9.36. The van der Waals surface area contributed by atoms with E-state index in [4.69, 9.17) is 9.47 Å². The molecule has 0 amide bonds. The molecule has 2 unspecified atom stereocenters. The molecule has 0 saturated carbocycles. The zero-order chi connectivity index (χ0) is 23.9. The van der Waals surface area contributed by atoms with Crippen molar-refractivity contribution in [1.29, 1.82) is 0 Å². The number of carbonyl (C=O) groups excluding carboxylic acids is 2. The summed E-state index contributed by atoms with van der Waals surface area (Å²) in [6.45, 7) is 8.49. The lowest BCUT2D eigenvalue weighted by Crippen LogP contribution is -2.19. The highest BCUT2D eigenvalue weighted by Gasteiger charge is 2.23. The number of methoxy groups -OCH3 is 2. The first-order valence-electron chi connectivity index (χ1n) is 12.0. The molecule has 4 nitrogen and oxygen atoms in total. The first kappa shape index (κ1) is 27.9. The third kappa shape index (κ3) is 11.5. The summed E-state index contributed by atoms with van der Waals surface area (Å²) in [5, 5.41) is 0. The second kappa shape index (κ2) is 15.7. The van der Waals surface area contributed by atoms with E-state index in [2.05, 4.69) is 52.0 Å². The van der Waals surface area contributed by atoms with E-state index < -0.39 is 0 Å². The molecule has 2 aliphatic rings. The van der Waals surface area contributed by atoms with Gasteiger partial charge in [0.2, 0.25) is 0 Å². The van der Waals surface area contributed by atoms with Crippen molar-refractivity contribution in [3.8, 4) is 0 Å². The molecule has 0 aliphatic heterocycles. The Balaban J connectivity index is 0.000000320. The lowest BCUT2D eigenvalue weighted by atomic mass is 9.87. The van der Waals surface area contributed by atoms with Crippen molar-refractivity contribution >= 4 is 11.9 Å². The number of ether oxygens (including phenoxy) is 2. The van der Waals surface area contributed by atoms with Crippen LogP contribution < -0.4 is 0 Å². The van der Waals surface area contributed by atoms with E-state index in [-0.39, 0.29) is 23.8 Å². The number of esters is 2. The first-order chi connectivity index (χ1) is 15.3. The molecule has 180 valence electrons. The molecule has 0 fully saturated rings. The Hall–Kier alpha value is -2.10. The molecule has 0 aromatic heterocycles. The average Bonchev–Trinajstić information content (AvgIpc) is 2.78. The molecule has 4 heteroatoms. The minimum atomic E-state index is -0.0559. The van der Waals surface area contributed by atoms with Gasteiger partial charge in [-0.2, -0.15) is 0 Å². The number of carbonyl (C=O) groups is 2. The maximum absolute atomic E-state index is 11.4. The van der Waals surface area contributed by atoms with Crippen molar-refractivity contribution in [2.45, 2.75) is 91.9 Å². The van der Waals surface area contributed by atoms with Crippen molar-refractivity contribution in [2.75, 3.05) is 14.2 Å². The Morgan fingerprint density at radius 3 is 1.91 bits per heavy atom. The van der Waals surface area contributed by atoms with Crippen molar-refractivity contribution < 1.29 is 19.1 Å². The lowest BCUT2D eigenvalue weighted by molar-refractivity contribution is -0.146. The van der Waals surface area contributed by atoms with Gasteiger partial charge in [0.15, 0.2) is 0 Å². The molecule has 0 N–H and O–H groups in total. The predicted molar refractivity (Wildman–Crippen MR) is 132 cm³/mol. The molecule has 0 aromatic rings. The van der Waals surface area contributed by atoms with Crippen LogP contribution in [0.15, 0.2) is 46.6 Å². The Kier molecular flexibility index (Phi) is 13.7. The smallest absolute Gasteiger partial charge is 0.308 e. The number of hydrogen-bond donors (Lipinski definition) is 0. The lowest BCUT2D eigenvalue weighted by Gasteiger charge is -2.20. The van der Waals surface area contributed by atoms with Crippen LogP contribution in [0.4, 0.5) is 0 Å². The van der Waals surface area contributed by atoms with E-state index in [1.807, 2.05) is 0 Å². The van der Waals surface area contributed by atoms with Gasteiger partial charge in [-0.25, -0.2) is 0 Å². The van der Waals surface area contributed by atoms with Gasteiger partial charge in [0.05, 0.1) is 26.1 Å². The Morgan fingerprint density at radius 1 is 0.844 bits per heavy atom. The molecule has 32 heavy (non-hydrogen) atoms. The Bertz CT molecular complexity index is 716. The number of hydrogen-bond acceptors (Lipinski definition) is 4. The highest BCUT2D eigenvalue weighted by atomic mass is 16.5. The third-order valence-electron chi connectivity index (χ3n) is 6.07. The van der Waals surface area contributed by atoms with Crippen LogP contribution in [0.2, 0.25) is 0 Å². The van der Waals surface area contributed by atoms with Gasteiger partial charge in [0, 0.05) is 0 Å². The van der Waals surface area contributed by atoms with Gasteiger partial charge in [0.25, 0.3) is 0 Å². The molecular weight excluding hydrogens is 400 g/mol. The molecule has 0 bridgehead atoms. The van der Waals surface area contributed by atoms with Gasteiger partial charge in [-0.1, -0.05) is 46.6 Å². The van der Waals surface area contributed by atoms with Gasteiger partial charge in [-0.05, 0) is 91.9 Å². The van der Waals surface area contributed by atoms with E-state index in [0.717, 1.165) is 64.2 Å². The largest absolute Gasteiger partial charge is 0.469 e. The molecular formula is C28H44O4. The third-order valence-corrected chi connectivity index (χ3v) is 6.07. The molecule has 2 atom stereocenters. The van der Waals surface area contributed by atoms with E-state index in [1.165, 1.54) is 36.5 Å². The van der Waals surface area contributed by atoms with Crippen molar-refractivity contribution in [1.82, 2.24) is 0 Å². The van der Waals surface area contributed by atoms with E-state index in [9.17, 15) is 9.59 Å². The summed E-state index contributed by atoms with van der Waals surface area (Å²) in [5.41, 5.74) is 5.65. The topological polar surface area (TPSA) is 52.6 Å². The molecule has 0 radical (unpaired) electrons. The summed E-state index contributed by atoms with van der Waals surface area (Å²) in [6.07, 6.45) is 19.2. The van der Waals surface area contributed by atoms with Gasteiger partial charge in [-0.15, -0.1) is 0 Å². The molecule has 0 aromatic carbocycles. The van der Waals surface area contributed by atoms with E-state index in [1.54, 1.807) is 0 Å². The van der Waals surface area contributed by atoms with E-state index >= 15 is 0 Å². The fourth-order valence-corrected chi connectivity index (χ4v) is 4.15. The summed E-state index contributed by atoms with van der Waals surface area (Å²) in [5.74, 6) is 0.0846. The summed E-state index contributed by atoms with van der Waals surface area (Å²) in [4.78, 5) is 22.7. The zero-order valence-corrected chi connectivity index (χ0v) is 21.2. The number of allylic oxidation sites excluding steroid dienone is 8. The first-order valence-corrected chi connectivity index (χ1v) is 12.0. The van der Waals surface area contributed by atoms with E-state index in [0.29, 0.717) is 0 Å². The van der Waals surface area contributed by atoms with Crippen LogP contribution in [0.1, 0.15) is 91.9 Å². The molecule has 0 saturated heterocycles. The Morgan fingerprint density at radius 2 is 1.41 bits per heavy atom. The van der Waals surface area contributed by atoms with Gasteiger partial charge in [0.1, 0.15) is 0 Å². The summed E-state index contributed by atoms with van der Waals surface area (Å²) in [6, 6.07) is 0. The van der Waals surface area contributed by atoms with Crippen LogP contribution in [0, 0.1) is 11.8 Å². The van der Waals surface area contributed by atoms with Crippen molar-refractivity contribution in [3.63, 3.8) is 0 Å². The molecule has 0 heterocycles. The quantitative estimate of drug-likeness (QED) is 0.292. The van der Waals surface area contributed by atoms with Crippen LogP contribution >= 0.6 is 0 Å². The summed E-state index contributed by atoms with van der Waals surface area (Å²) >= 11 is 0. The zero-order valence-electron chi connectivity index (χ0n) is 21.2. The normalized spacial score (nSPS) is 19.9. The highest BCUT2D eigenvalue weighted by molar-refractivity contribution is 5.73. The van der Waals surface area contributed by atoms with Crippen LogP contribution in [0.5, 0.6) is 0 Å². The minimum Gasteiger partial charge on any atom is -0.469 e. The van der Waals surface area contributed by atoms with Crippen LogP contribution in [0.3, 0.4) is 0 Å². The standard InChI is InChI=1S/2C14H22O2/c1-11(2)6-4-7-12-8-5-9-13(10-12)14(15)16-3;1-11(2)5-4-6-12-7-9-13(10-8-12)14(15)16-3/h6,8,13H,4-5,7,9-10H2,1-3H3;5,7,13H,4,6,8-10H2,1-3H3. The van der Waals surface area contributed by atoms with Crippen LogP contribution in [0.25, 0.3) is 0 Å². The fourth-order valence-electron chi connectivity index (χ4n) is 4.15. The van der Waals surface area contributed by atoms with Crippen LogP contribution in [-0.2, 0) is 19.1 Å². The van der Waals surface area contributed by atoms with Gasteiger partial charge in [-0.3, -0.25) is 9.59 Å². The summed E-state index contributed by atoms with van der Waals surface area (Å²) in [7, 11) is 2.94. The Labute approximate surface area is 195 Å². The SMILES string of the molecule is COC(=O)C1CC=C(CCC=C(C)C)CC1.COC(=O)C1CCC=C(CCC=C(C)C)C1. The molecule has 2 rings (SSSR count). The van der Waals surface area contributed by atoms with Crippen LogP contribution in [-0.4, -0.2) is 26.2 Å².